The van der Waals surface area contributed by atoms with E-state index < -0.39 is 6.10 Å². The van der Waals surface area contributed by atoms with Crippen LogP contribution in [-0.4, -0.2) is 70.2 Å². The van der Waals surface area contributed by atoms with E-state index in [0.29, 0.717) is 24.4 Å². The lowest BCUT2D eigenvalue weighted by molar-refractivity contribution is 0.0952. The minimum absolute atomic E-state index is 0.0808. The van der Waals surface area contributed by atoms with Gasteiger partial charge in [0, 0.05) is 49.3 Å². The molecule has 4 rings (SSSR count). The van der Waals surface area contributed by atoms with Gasteiger partial charge in [-0.15, -0.1) is 0 Å². The van der Waals surface area contributed by atoms with Crippen LogP contribution in [0.2, 0.25) is 0 Å². The molecule has 4 N–H and O–H groups in total. The Bertz CT molecular complexity index is 1390. The smallest absolute Gasteiger partial charge is 0.252 e. The lowest BCUT2D eigenvalue weighted by Gasteiger charge is -2.14. The van der Waals surface area contributed by atoms with E-state index in [0.717, 1.165) is 60.2 Å². The number of aromatic nitrogens is 4. The van der Waals surface area contributed by atoms with Gasteiger partial charge < -0.3 is 25.8 Å². The van der Waals surface area contributed by atoms with Crippen molar-refractivity contribution >= 4 is 22.6 Å². The van der Waals surface area contributed by atoms with E-state index in [-0.39, 0.29) is 18.6 Å². The number of hydrogen-bond acceptors (Lipinski definition) is 8. The van der Waals surface area contributed by atoms with Crippen LogP contribution in [-0.2, 0) is 0 Å². The molecule has 0 saturated heterocycles. The van der Waals surface area contributed by atoms with E-state index in [1.54, 1.807) is 31.6 Å². The van der Waals surface area contributed by atoms with Crippen molar-refractivity contribution in [1.82, 2.24) is 30.4 Å². The largest absolute Gasteiger partial charge is 0.491 e. The maximum atomic E-state index is 12.1. The Labute approximate surface area is 241 Å². The summed E-state index contributed by atoms with van der Waals surface area (Å²) >= 11 is 0. The Morgan fingerprint density at radius 1 is 1.05 bits per heavy atom. The van der Waals surface area contributed by atoms with E-state index in [1.165, 1.54) is 0 Å². The van der Waals surface area contributed by atoms with Gasteiger partial charge >= 0.3 is 0 Å². The zero-order valence-corrected chi connectivity index (χ0v) is 24.1. The number of pyridine rings is 2. The molecule has 41 heavy (non-hydrogen) atoms. The van der Waals surface area contributed by atoms with Gasteiger partial charge in [0.25, 0.3) is 5.91 Å². The van der Waals surface area contributed by atoms with Crippen LogP contribution in [0.5, 0.6) is 5.75 Å². The number of aliphatic hydroxyl groups excluding tert-OH is 1. The second kappa shape index (κ2) is 15.1. The standard InChI is InChI=1S/C31H41N7O3/c1-22(2)38-30-27(20-36-38)29(34-14-6-4-5-7-15-35-31(40)24-11-9-13-33-18-24)17-28(37-30)23-10-8-12-26(16-23)41-21-25(39)19-32-3/h8-13,16-18,20,22,25,32,39H,4-7,14-15,19,21H2,1-3H3,(H,34,37)(H,35,40). The van der Waals surface area contributed by atoms with Crippen molar-refractivity contribution in [3.8, 4) is 17.0 Å². The van der Waals surface area contributed by atoms with Crippen LogP contribution in [0, 0.1) is 0 Å². The first-order chi connectivity index (χ1) is 20.0. The van der Waals surface area contributed by atoms with E-state index in [2.05, 4.69) is 45.9 Å². The quantitative estimate of drug-likeness (QED) is 0.149. The van der Waals surface area contributed by atoms with E-state index in [9.17, 15) is 9.90 Å². The molecule has 4 aromatic rings. The molecule has 0 aliphatic rings. The summed E-state index contributed by atoms with van der Waals surface area (Å²) in [4.78, 5) is 21.1. The van der Waals surface area contributed by atoms with Gasteiger partial charge in [0.05, 0.1) is 22.8 Å². The minimum atomic E-state index is -0.583. The van der Waals surface area contributed by atoms with Crippen molar-refractivity contribution < 1.29 is 14.6 Å². The van der Waals surface area contributed by atoms with Crippen molar-refractivity contribution in [1.29, 1.82) is 0 Å². The Morgan fingerprint density at radius 2 is 1.88 bits per heavy atom. The maximum Gasteiger partial charge on any atom is 0.252 e. The summed E-state index contributed by atoms with van der Waals surface area (Å²) < 4.78 is 7.77. The molecular formula is C31H41N7O3. The summed E-state index contributed by atoms with van der Waals surface area (Å²) in [6.07, 6.45) is 8.56. The first-order valence-electron chi connectivity index (χ1n) is 14.3. The van der Waals surface area contributed by atoms with Gasteiger partial charge in [-0.1, -0.05) is 25.0 Å². The summed E-state index contributed by atoms with van der Waals surface area (Å²) in [5, 5.41) is 25.1. The Morgan fingerprint density at radius 3 is 2.63 bits per heavy atom. The number of likely N-dealkylation sites (N-methyl/N-ethyl adjacent to an activating group) is 1. The van der Waals surface area contributed by atoms with Crippen molar-refractivity contribution in [2.75, 3.05) is 38.6 Å². The van der Waals surface area contributed by atoms with Crippen molar-refractivity contribution in [2.45, 2.75) is 51.7 Å². The van der Waals surface area contributed by atoms with E-state index in [4.69, 9.17) is 9.72 Å². The van der Waals surface area contributed by atoms with Gasteiger partial charge in [0.15, 0.2) is 5.65 Å². The molecule has 0 spiro atoms. The van der Waals surface area contributed by atoms with Gasteiger partial charge in [0.2, 0.25) is 0 Å². The predicted octanol–water partition coefficient (Wildman–Crippen LogP) is 4.44. The SMILES string of the molecule is CNCC(O)COc1cccc(-c2cc(NCCCCCCNC(=O)c3cccnc3)c3cnn(C(C)C)c3n2)c1. The summed E-state index contributed by atoms with van der Waals surface area (Å²) in [6, 6.07) is 13.6. The molecule has 0 aliphatic heterocycles. The highest BCUT2D eigenvalue weighted by Crippen LogP contribution is 2.31. The first kappa shape index (κ1) is 30.0. The summed E-state index contributed by atoms with van der Waals surface area (Å²) in [5.41, 5.74) is 4.17. The van der Waals surface area contributed by atoms with Crippen LogP contribution >= 0.6 is 0 Å². The van der Waals surface area contributed by atoms with Gasteiger partial charge in [-0.3, -0.25) is 9.78 Å². The van der Waals surface area contributed by atoms with Crippen LogP contribution < -0.4 is 20.7 Å². The van der Waals surface area contributed by atoms with Crippen molar-refractivity contribution in [2.24, 2.45) is 0 Å². The van der Waals surface area contributed by atoms with E-state index >= 15 is 0 Å². The molecule has 0 fully saturated rings. The minimum Gasteiger partial charge on any atom is -0.491 e. The monoisotopic (exact) mass is 559 g/mol. The molecule has 10 heteroatoms. The molecule has 0 bridgehead atoms. The number of hydrogen-bond donors (Lipinski definition) is 4. The fourth-order valence-corrected chi connectivity index (χ4v) is 4.55. The van der Waals surface area contributed by atoms with Gasteiger partial charge in [-0.25, -0.2) is 9.67 Å². The van der Waals surface area contributed by atoms with Crippen molar-refractivity contribution in [3.63, 3.8) is 0 Å². The second-order valence-corrected chi connectivity index (χ2v) is 10.4. The molecule has 10 nitrogen and oxygen atoms in total. The summed E-state index contributed by atoms with van der Waals surface area (Å²) in [7, 11) is 1.80. The molecule has 0 radical (unpaired) electrons. The fraction of sp³-hybridized carbons (Fsp3) is 0.419. The number of benzene rings is 1. The number of rotatable bonds is 16. The highest BCUT2D eigenvalue weighted by atomic mass is 16.5. The third-order valence-corrected chi connectivity index (χ3v) is 6.70. The number of unbranched alkanes of at least 4 members (excludes halogenated alkanes) is 3. The zero-order chi connectivity index (χ0) is 29.0. The Hall–Kier alpha value is -4.02. The van der Waals surface area contributed by atoms with Crippen molar-refractivity contribution in [3.05, 3.63) is 66.6 Å². The molecule has 218 valence electrons. The molecule has 0 aliphatic carbocycles. The van der Waals surface area contributed by atoms with Crippen LogP contribution in [0.1, 0.15) is 55.9 Å². The number of aliphatic hydroxyl groups is 1. The summed E-state index contributed by atoms with van der Waals surface area (Å²) in [6.45, 7) is 6.34. The van der Waals surface area contributed by atoms with Crippen LogP contribution in [0.3, 0.4) is 0 Å². The fourth-order valence-electron chi connectivity index (χ4n) is 4.55. The number of anilines is 1. The number of fused-ring (bicyclic) bond motifs is 1. The number of carbonyl (C=O) groups excluding carboxylic acids is 1. The van der Waals surface area contributed by atoms with Crippen LogP contribution in [0.15, 0.2) is 61.1 Å². The Kier molecular flexibility index (Phi) is 11.0. The summed E-state index contributed by atoms with van der Waals surface area (Å²) in [5.74, 6) is 0.603. The van der Waals surface area contributed by atoms with E-state index in [1.807, 2.05) is 35.1 Å². The molecule has 1 aromatic carbocycles. The van der Waals surface area contributed by atoms with Crippen LogP contribution in [0.4, 0.5) is 5.69 Å². The van der Waals surface area contributed by atoms with Gasteiger partial charge in [-0.05, 0) is 64.1 Å². The number of carbonyl (C=O) groups is 1. The third kappa shape index (κ3) is 8.48. The number of ether oxygens (including phenoxy) is 1. The first-order valence-corrected chi connectivity index (χ1v) is 14.3. The third-order valence-electron chi connectivity index (χ3n) is 6.70. The highest BCUT2D eigenvalue weighted by molar-refractivity contribution is 5.93. The molecular weight excluding hydrogens is 518 g/mol. The lowest BCUT2D eigenvalue weighted by atomic mass is 10.1. The number of amides is 1. The molecule has 1 unspecified atom stereocenters. The molecule has 1 atom stereocenters. The second-order valence-electron chi connectivity index (χ2n) is 10.4. The van der Waals surface area contributed by atoms with Crippen LogP contribution in [0.25, 0.3) is 22.3 Å². The normalized spacial score (nSPS) is 12.0. The molecule has 3 heterocycles. The Balaban J connectivity index is 1.35. The topological polar surface area (TPSA) is 126 Å². The average Bonchev–Trinajstić information content (AvgIpc) is 3.43. The average molecular weight is 560 g/mol. The maximum absolute atomic E-state index is 12.1. The zero-order valence-electron chi connectivity index (χ0n) is 24.1. The molecule has 0 saturated carbocycles. The lowest BCUT2D eigenvalue weighted by Crippen LogP contribution is -2.29. The number of nitrogens with zero attached hydrogens (tertiary/aromatic N) is 4. The van der Waals surface area contributed by atoms with Gasteiger partial charge in [-0.2, -0.15) is 5.10 Å². The predicted molar refractivity (Wildman–Crippen MR) is 162 cm³/mol. The molecule has 1 amide bonds. The van der Waals surface area contributed by atoms with Gasteiger partial charge in [0.1, 0.15) is 18.5 Å². The highest BCUT2D eigenvalue weighted by Gasteiger charge is 2.15. The number of nitrogens with one attached hydrogen (secondary N) is 3. The molecule has 3 aromatic heterocycles.